The zero-order valence-electron chi connectivity index (χ0n) is 13.1. The number of rotatable bonds is 3. The number of nitrogens with one attached hydrogen (secondary N) is 1. The van der Waals surface area contributed by atoms with Gasteiger partial charge < -0.3 is 5.32 Å². The minimum atomic E-state index is -0.0661. The summed E-state index contributed by atoms with van der Waals surface area (Å²) < 4.78 is 14.0. The van der Waals surface area contributed by atoms with Gasteiger partial charge in [-0.3, -0.25) is 4.90 Å². The topological polar surface area (TPSA) is 15.3 Å². The maximum absolute atomic E-state index is 14.0. The summed E-state index contributed by atoms with van der Waals surface area (Å²) in [7, 11) is 0. The Morgan fingerprint density at radius 3 is 2.71 bits per heavy atom. The average Bonchev–Trinajstić information content (AvgIpc) is 2.51. The van der Waals surface area contributed by atoms with Crippen LogP contribution in [0.3, 0.4) is 0 Å². The minimum Gasteiger partial charge on any atom is -0.308 e. The first-order valence-electron chi connectivity index (χ1n) is 8.45. The molecule has 1 aliphatic carbocycles. The molecule has 0 bridgehead atoms. The summed E-state index contributed by atoms with van der Waals surface area (Å²) in [4.78, 5) is 2.51. The molecule has 0 amide bonds. The third-order valence-electron chi connectivity index (χ3n) is 5.35. The lowest BCUT2D eigenvalue weighted by atomic mass is 9.79. The fourth-order valence-electron chi connectivity index (χ4n) is 4.03. The van der Waals surface area contributed by atoms with E-state index < -0.39 is 0 Å². The van der Waals surface area contributed by atoms with Crippen molar-refractivity contribution in [3.8, 4) is 0 Å². The number of nitrogens with zero attached hydrogens (tertiary/aromatic N) is 1. The molecule has 3 rings (SSSR count). The second kappa shape index (κ2) is 6.45. The molecule has 2 fully saturated rings. The third kappa shape index (κ3) is 3.29. The highest BCUT2D eigenvalue weighted by Crippen LogP contribution is 2.33. The normalized spacial score (nSPS) is 26.1. The molecule has 1 aromatic rings. The first-order chi connectivity index (χ1) is 10.2. The molecule has 3 heteroatoms. The van der Waals surface area contributed by atoms with Crippen molar-refractivity contribution in [2.24, 2.45) is 0 Å². The lowest BCUT2D eigenvalue weighted by Gasteiger charge is -2.49. The van der Waals surface area contributed by atoms with Gasteiger partial charge >= 0.3 is 0 Å². The molecule has 1 saturated carbocycles. The maximum Gasteiger partial charge on any atom is 0.127 e. The first-order valence-corrected chi connectivity index (χ1v) is 8.45. The van der Waals surface area contributed by atoms with Gasteiger partial charge in [-0.1, -0.05) is 44.4 Å². The molecule has 1 N–H and O–H groups in total. The Bertz CT molecular complexity index is 468. The molecule has 0 aromatic heterocycles. The summed E-state index contributed by atoms with van der Waals surface area (Å²) >= 11 is 0. The van der Waals surface area contributed by atoms with E-state index in [1.807, 2.05) is 12.1 Å². The Morgan fingerprint density at radius 1 is 1.24 bits per heavy atom. The van der Waals surface area contributed by atoms with Crippen molar-refractivity contribution in [1.82, 2.24) is 10.2 Å². The molecule has 116 valence electrons. The van der Waals surface area contributed by atoms with E-state index in [4.69, 9.17) is 0 Å². The van der Waals surface area contributed by atoms with E-state index in [-0.39, 0.29) is 11.4 Å². The van der Waals surface area contributed by atoms with Crippen molar-refractivity contribution >= 4 is 0 Å². The molecule has 1 atom stereocenters. The van der Waals surface area contributed by atoms with Crippen LogP contribution in [0.5, 0.6) is 0 Å². The van der Waals surface area contributed by atoms with Crippen LogP contribution in [0.4, 0.5) is 4.39 Å². The second-order valence-corrected chi connectivity index (χ2v) is 6.78. The van der Waals surface area contributed by atoms with Crippen LogP contribution >= 0.6 is 0 Å². The molecular weight excluding hydrogens is 263 g/mol. The van der Waals surface area contributed by atoms with Crippen molar-refractivity contribution in [3.05, 3.63) is 35.6 Å². The van der Waals surface area contributed by atoms with Gasteiger partial charge in [-0.05, 0) is 25.3 Å². The molecule has 1 unspecified atom stereocenters. The van der Waals surface area contributed by atoms with E-state index in [9.17, 15) is 4.39 Å². The van der Waals surface area contributed by atoms with Crippen molar-refractivity contribution in [2.45, 2.75) is 63.6 Å². The molecule has 1 saturated heterocycles. The van der Waals surface area contributed by atoms with Gasteiger partial charge in [-0.25, -0.2) is 4.39 Å². The summed E-state index contributed by atoms with van der Waals surface area (Å²) in [6.07, 6.45) is 7.70. The van der Waals surface area contributed by atoms with E-state index in [0.29, 0.717) is 6.04 Å². The summed E-state index contributed by atoms with van der Waals surface area (Å²) in [6, 6.07) is 7.75. The number of hydrogen-bond donors (Lipinski definition) is 1. The van der Waals surface area contributed by atoms with Gasteiger partial charge in [0.15, 0.2) is 0 Å². The van der Waals surface area contributed by atoms with Crippen molar-refractivity contribution in [3.63, 3.8) is 0 Å². The highest BCUT2D eigenvalue weighted by molar-refractivity contribution is 5.18. The number of piperazine rings is 1. The van der Waals surface area contributed by atoms with Crippen LogP contribution in [-0.2, 0) is 6.54 Å². The molecule has 0 radical (unpaired) electrons. The second-order valence-electron chi connectivity index (χ2n) is 6.78. The molecule has 2 nitrogen and oxygen atoms in total. The van der Waals surface area contributed by atoms with E-state index in [1.54, 1.807) is 12.1 Å². The van der Waals surface area contributed by atoms with Gasteiger partial charge in [0.2, 0.25) is 0 Å². The summed E-state index contributed by atoms with van der Waals surface area (Å²) in [6.45, 7) is 5.10. The zero-order valence-corrected chi connectivity index (χ0v) is 13.1. The quantitative estimate of drug-likeness (QED) is 0.913. The number of hydrogen-bond acceptors (Lipinski definition) is 2. The van der Waals surface area contributed by atoms with Crippen molar-refractivity contribution < 1.29 is 4.39 Å². The standard InChI is InChI=1S/C18H27FN2/c1-2-16-12-20-18(10-6-3-7-11-18)14-21(16)13-15-8-4-5-9-17(15)19/h4-5,8-9,16,20H,2-3,6-7,10-14H2,1H3. The minimum absolute atomic E-state index is 0.0661. The van der Waals surface area contributed by atoms with E-state index in [1.165, 1.54) is 32.1 Å². The SMILES string of the molecule is CCC1CNC2(CCCCC2)CN1Cc1ccccc1F. The van der Waals surface area contributed by atoms with Crippen LogP contribution in [0.15, 0.2) is 24.3 Å². The van der Waals surface area contributed by atoms with Gasteiger partial charge in [0, 0.05) is 36.8 Å². The highest BCUT2D eigenvalue weighted by atomic mass is 19.1. The Balaban J connectivity index is 1.75. The summed E-state index contributed by atoms with van der Waals surface area (Å²) in [5.41, 5.74) is 1.12. The van der Waals surface area contributed by atoms with Crippen LogP contribution in [-0.4, -0.2) is 29.6 Å². The third-order valence-corrected chi connectivity index (χ3v) is 5.35. The fourth-order valence-corrected chi connectivity index (χ4v) is 4.03. The van der Waals surface area contributed by atoms with Crippen LogP contribution in [0.25, 0.3) is 0 Å². The number of benzene rings is 1. The molecule has 21 heavy (non-hydrogen) atoms. The maximum atomic E-state index is 14.0. The van der Waals surface area contributed by atoms with Gasteiger partial charge in [0.05, 0.1) is 0 Å². The van der Waals surface area contributed by atoms with Gasteiger partial charge in [-0.2, -0.15) is 0 Å². The highest BCUT2D eigenvalue weighted by Gasteiger charge is 2.39. The average molecular weight is 290 g/mol. The molecule has 1 heterocycles. The van der Waals surface area contributed by atoms with Crippen molar-refractivity contribution in [2.75, 3.05) is 13.1 Å². The van der Waals surface area contributed by atoms with E-state index in [0.717, 1.165) is 31.6 Å². The lowest BCUT2D eigenvalue weighted by Crippen LogP contribution is -2.64. The molecule has 2 aliphatic rings. The van der Waals surface area contributed by atoms with Gasteiger partial charge in [0.1, 0.15) is 5.82 Å². The van der Waals surface area contributed by atoms with E-state index in [2.05, 4.69) is 17.1 Å². The Hall–Kier alpha value is -0.930. The largest absolute Gasteiger partial charge is 0.308 e. The van der Waals surface area contributed by atoms with Gasteiger partial charge in [0.25, 0.3) is 0 Å². The predicted octanol–water partition coefficient (Wildman–Crippen LogP) is 3.71. The number of halogens is 1. The molecule has 1 aromatic carbocycles. The lowest BCUT2D eigenvalue weighted by molar-refractivity contribution is 0.0477. The Labute approximate surface area is 127 Å². The molecule has 1 spiro atoms. The van der Waals surface area contributed by atoms with Crippen LogP contribution < -0.4 is 5.32 Å². The Morgan fingerprint density at radius 2 is 2.00 bits per heavy atom. The smallest absolute Gasteiger partial charge is 0.127 e. The summed E-state index contributed by atoms with van der Waals surface area (Å²) in [5.74, 6) is -0.0661. The van der Waals surface area contributed by atoms with Crippen LogP contribution in [0.2, 0.25) is 0 Å². The first kappa shape index (κ1) is 15.0. The fraction of sp³-hybridized carbons (Fsp3) is 0.667. The van der Waals surface area contributed by atoms with E-state index >= 15 is 0 Å². The van der Waals surface area contributed by atoms with Crippen LogP contribution in [0.1, 0.15) is 51.0 Å². The molecular formula is C18H27FN2. The summed E-state index contributed by atoms with van der Waals surface area (Å²) in [5, 5.41) is 3.83. The van der Waals surface area contributed by atoms with Gasteiger partial charge in [-0.15, -0.1) is 0 Å². The predicted molar refractivity (Wildman–Crippen MR) is 84.7 cm³/mol. The van der Waals surface area contributed by atoms with Crippen molar-refractivity contribution in [1.29, 1.82) is 0 Å². The Kier molecular flexibility index (Phi) is 4.60. The zero-order chi connectivity index (χ0) is 14.7. The van der Waals surface area contributed by atoms with Crippen LogP contribution in [0, 0.1) is 5.82 Å². The monoisotopic (exact) mass is 290 g/mol. The molecule has 1 aliphatic heterocycles.